The lowest BCUT2D eigenvalue weighted by atomic mass is 10.3. The van der Waals surface area contributed by atoms with Crippen molar-refractivity contribution in [3.8, 4) is 5.75 Å². The van der Waals surface area contributed by atoms with E-state index < -0.39 is 16.1 Å². The molecule has 0 saturated heterocycles. The minimum absolute atomic E-state index is 0.00309. The first kappa shape index (κ1) is 14.0. The lowest BCUT2D eigenvalue weighted by Gasteiger charge is -2.12. The third-order valence-corrected chi connectivity index (χ3v) is 3.80. The van der Waals surface area contributed by atoms with Gasteiger partial charge in [0.1, 0.15) is 10.6 Å². The second-order valence-electron chi connectivity index (χ2n) is 3.56. The van der Waals surface area contributed by atoms with Crippen LogP contribution in [0.25, 0.3) is 0 Å². The predicted molar refractivity (Wildman–Crippen MR) is 64.5 cm³/mol. The van der Waals surface area contributed by atoms with Gasteiger partial charge in [0.25, 0.3) is 0 Å². The van der Waals surface area contributed by atoms with Gasteiger partial charge in [-0.2, -0.15) is 0 Å². The van der Waals surface area contributed by atoms with E-state index in [1.807, 2.05) is 0 Å². The number of aliphatic hydroxyl groups excluding tert-OH is 1. The van der Waals surface area contributed by atoms with E-state index in [9.17, 15) is 13.5 Å². The van der Waals surface area contributed by atoms with Gasteiger partial charge in [0.05, 0.1) is 13.2 Å². The van der Waals surface area contributed by atoms with Crippen molar-refractivity contribution in [2.75, 3.05) is 13.7 Å². The average Bonchev–Trinajstić information content (AvgIpc) is 2.35. The Balaban J connectivity index is 2.89. The van der Waals surface area contributed by atoms with Crippen molar-refractivity contribution < 1.29 is 18.3 Å². The summed E-state index contributed by atoms with van der Waals surface area (Å²) in [5.74, 6) is 0.283. The van der Waals surface area contributed by atoms with Gasteiger partial charge >= 0.3 is 0 Å². The smallest absolute Gasteiger partial charge is 0.244 e. The Morgan fingerprint density at radius 2 is 2.06 bits per heavy atom. The molecule has 0 fully saturated rings. The van der Waals surface area contributed by atoms with Crippen molar-refractivity contribution in [1.82, 2.24) is 4.72 Å². The minimum Gasteiger partial charge on any atom is -0.495 e. The van der Waals surface area contributed by atoms with Gasteiger partial charge in [0.2, 0.25) is 10.0 Å². The first-order valence-corrected chi connectivity index (χ1v) is 6.80. The standard InChI is InChI=1S/C11H17NO4S/c1-3-9(13)8-12-17(14,15)11-7-5-4-6-10(11)16-2/h4-7,9,12-13H,3,8H2,1-2H3. The van der Waals surface area contributed by atoms with E-state index in [1.54, 1.807) is 25.1 Å². The summed E-state index contributed by atoms with van der Waals surface area (Å²) in [6.07, 6.45) is -0.187. The van der Waals surface area contributed by atoms with Crippen LogP contribution in [0.15, 0.2) is 29.2 Å². The van der Waals surface area contributed by atoms with Crippen molar-refractivity contribution in [3.63, 3.8) is 0 Å². The van der Waals surface area contributed by atoms with Crippen LogP contribution in [0.5, 0.6) is 5.75 Å². The molecular weight excluding hydrogens is 242 g/mol. The summed E-state index contributed by atoms with van der Waals surface area (Å²) in [7, 11) is -2.23. The number of nitrogens with one attached hydrogen (secondary N) is 1. The molecule has 2 N–H and O–H groups in total. The number of sulfonamides is 1. The molecule has 1 unspecified atom stereocenters. The number of aliphatic hydroxyl groups is 1. The van der Waals surface area contributed by atoms with E-state index in [2.05, 4.69) is 4.72 Å². The first-order valence-electron chi connectivity index (χ1n) is 5.32. The molecule has 0 amide bonds. The molecule has 0 saturated carbocycles. The topological polar surface area (TPSA) is 75.6 Å². The molecule has 17 heavy (non-hydrogen) atoms. The summed E-state index contributed by atoms with van der Waals surface area (Å²) in [6.45, 7) is 1.78. The summed E-state index contributed by atoms with van der Waals surface area (Å²) in [4.78, 5) is 0.0748. The predicted octanol–water partition coefficient (Wildman–Crippen LogP) is 0.744. The molecule has 1 aromatic carbocycles. The van der Waals surface area contributed by atoms with Crippen LogP contribution in [-0.4, -0.2) is 33.3 Å². The molecule has 5 nitrogen and oxygen atoms in total. The molecule has 0 spiro atoms. The van der Waals surface area contributed by atoms with Crippen LogP contribution in [0, 0.1) is 0 Å². The van der Waals surface area contributed by atoms with Crippen molar-refractivity contribution in [1.29, 1.82) is 0 Å². The highest BCUT2D eigenvalue weighted by atomic mass is 32.2. The third-order valence-electron chi connectivity index (χ3n) is 2.34. The molecule has 1 atom stereocenters. The van der Waals surface area contributed by atoms with E-state index in [1.165, 1.54) is 13.2 Å². The Morgan fingerprint density at radius 1 is 1.41 bits per heavy atom. The Kier molecular flexibility index (Phi) is 4.92. The van der Waals surface area contributed by atoms with Crippen LogP contribution in [0.2, 0.25) is 0 Å². The van der Waals surface area contributed by atoms with Gasteiger partial charge in [-0.05, 0) is 18.6 Å². The molecule has 0 heterocycles. The fourth-order valence-corrected chi connectivity index (χ4v) is 2.51. The zero-order valence-electron chi connectivity index (χ0n) is 9.88. The van der Waals surface area contributed by atoms with Crippen LogP contribution < -0.4 is 9.46 Å². The highest BCUT2D eigenvalue weighted by molar-refractivity contribution is 7.89. The van der Waals surface area contributed by atoms with Gasteiger partial charge in [0.15, 0.2) is 0 Å². The van der Waals surface area contributed by atoms with Crippen LogP contribution in [0.1, 0.15) is 13.3 Å². The number of ether oxygens (including phenoxy) is 1. The number of rotatable bonds is 6. The molecule has 0 radical (unpaired) electrons. The Morgan fingerprint density at radius 3 is 2.65 bits per heavy atom. The number of para-hydroxylation sites is 1. The number of methoxy groups -OCH3 is 1. The largest absolute Gasteiger partial charge is 0.495 e. The molecular formula is C11H17NO4S. The SMILES string of the molecule is CCC(O)CNS(=O)(=O)c1ccccc1OC. The summed E-state index contributed by atoms with van der Waals surface area (Å²) < 4.78 is 31.2. The highest BCUT2D eigenvalue weighted by Gasteiger charge is 2.19. The van der Waals surface area contributed by atoms with Crippen LogP contribution in [-0.2, 0) is 10.0 Å². The van der Waals surface area contributed by atoms with E-state index in [4.69, 9.17) is 4.74 Å². The zero-order valence-corrected chi connectivity index (χ0v) is 10.7. The van der Waals surface area contributed by atoms with Crippen molar-refractivity contribution >= 4 is 10.0 Å². The maximum atomic E-state index is 11.9. The van der Waals surface area contributed by atoms with Crippen LogP contribution >= 0.6 is 0 Å². The molecule has 0 aliphatic carbocycles. The number of hydrogen-bond donors (Lipinski definition) is 2. The van der Waals surface area contributed by atoms with Crippen molar-refractivity contribution in [2.45, 2.75) is 24.3 Å². The fourth-order valence-electron chi connectivity index (χ4n) is 1.27. The molecule has 1 rings (SSSR count). The molecule has 6 heteroatoms. The lowest BCUT2D eigenvalue weighted by molar-refractivity contribution is 0.174. The molecule has 1 aromatic rings. The normalized spacial score (nSPS) is 13.4. The van der Waals surface area contributed by atoms with Crippen LogP contribution in [0.3, 0.4) is 0 Å². The number of hydrogen-bond acceptors (Lipinski definition) is 4. The lowest BCUT2D eigenvalue weighted by Crippen LogP contribution is -2.32. The summed E-state index contributed by atoms with van der Waals surface area (Å²) in [5, 5.41) is 9.34. The summed E-state index contributed by atoms with van der Waals surface area (Å²) in [5.41, 5.74) is 0. The molecule has 0 bridgehead atoms. The second kappa shape index (κ2) is 6.00. The minimum atomic E-state index is -3.64. The van der Waals surface area contributed by atoms with E-state index >= 15 is 0 Å². The summed E-state index contributed by atoms with van der Waals surface area (Å²) in [6, 6.07) is 6.34. The fraction of sp³-hybridized carbons (Fsp3) is 0.455. The highest BCUT2D eigenvalue weighted by Crippen LogP contribution is 2.22. The maximum absolute atomic E-state index is 11.9. The van der Waals surface area contributed by atoms with Gasteiger partial charge in [-0.3, -0.25) is 0 Å². The van der Waals surface area contributed by atoms with E-state index in [-0.39, 0.29) is 17.2 Å². The van der Waals surface area contributed by atoms with Gasteiger partial charge < -0.3 is 9.84 Å². The molecule has 96 valence electrons. The Labute approximate surface area is 101 Å². The Hall–Kier alpha value is -1.11. The van der Waals surface area contributed by atoms with Gasteiger partial charge in [-0.25, -0.2) is 13.1 Å². The monoisotopic (exact) mass is 259 g/mol. The van der Waals surface area contributed by atoms with Crippen LogP contribution in [0.4, 0.5) is 0 Å². The van der Waals surface area contributed by atoms with Crippen molar-refractivity contribution in [2.24, 2.45) is 0 Å². The molecule has 0 aliphatic heterocycles. The molecule has 0 aromatic heterocycles. The number of benzene rings is 1. The van der Waals surface area contributed by atoms with Gasteiger partial charge in [-0.15, -0.1) is 0 Å². The quantitative estimate of drug-likeness (QED) is 0.790. The maximum Gasteiger partial charge on any atom is 0.244 e. The van der Waals surface area contributed by atoms with E-state index in [0.29, 0.717) is 6.42 Å². The zero-order chi connectivity index (χ0) is 12.9. The van der Waals surface area contributed by atoms with Gasteiger partial charge in [-0.1, -0.05) is 19.1 Å². The Bertz CT molecular complexity index is 458. The van der Waals surface area contributed by atoms with E-state index in [0.717, 1.165) is 0 Å². The van der Waals surface area contributed by atoms with Gasteiger partial charge in [0, 0.05) is 6.54 Å². The first-order chi connectivity index (χ1) is 8.01. The molecule has 0 aliphatic rings. The third kappa shape index (κ3) is 3.69. The van der Waals surface area contributed by atoms with Crippen molar-refractivity contribution in [3.05, 3.63) is 24.3 Å². The second-order valence-corrected chi connectivity index (χ2v) is 5.30. The average molecular weight is 259 g/mol. The summed E-state index contributed by atoms with van der Waals surface area (Å²) >= 11 is 0.